The van der Waals surface area contributed by atoms with Crippen LogP contribution in [0.25, 0.3) is 0 Å². The molecular weight excluding hydrogens is 342 g/mol. The Morgan fingerprint density at radius 2 is 1.56 bits per heavy atom. The SMILES string of the molecule is CC(=O)Nc1cc(NC(C)=O)cc(C(=O)N2c3ccccc3CC[C@H]2C)c1. The summed E-state index contributed by atoms with van der Waals surface area (Å²) in [4.78, 5) is 38.0. The minimum Gasteiger partial charge on any atom is -0.326 e. The van der Waals surface area contributed by atoms with Crippen molar-refractivity contribution in [2.45, 2.75) is 39.7 Å². The normalized spacial score (nSPS) is 15.7. The van der Waals surface area contributed by atoms with Crippen LogP contribution in [-0.2, 0) is 16.0 Å². The molecule has 1 aliphatic rings. The average molecular weight is 365 g/mol. The monoisotopic (exact) mass is 365 g/mol. The van der Waals surface area contributed by atoms with Crippen LogP contribution >= 0.6 is 0 Å². The number of para-hydroxylation sites is 1. The number of amides is 3. The first-order valence-corrected chi connectivity index (χ1v) is 8.97. The molecule has 0 aliphatic carbocycles. The highest BCUT2D eigenvalue weighted by molar-refractivity contribution is 6.09. The van der Waals surface area contributed by atoms with Crippen LogP contribution in [0.4, 0.5) is 17.1 Å². The van der Waals surface area contributed by atoms with Crippen molar-refractivity contribution < 1.29 is 14.4 Å². The maximum absolute atomic E-state index is 13.3. The number of carbonyl (C=O) groups excluding carboxylic acids is 3. The van der Waals surface area contributed by atoms with E-state index >= 15 is 0 Å². The molecule has 3 rings (SSSR count). The van der Waals surface area contributed by atoms with Crippen molar-refractivity contribution in [2.24, 2.45) is 0 Å². The Balaban J connectivity index is 2.03. The van der Waals surface area contributed by atoms with Crippen molar-refractivity contribution in [2.75, 3.05) is 15.5 Å². The number of carbonyl (C=O) groups is 3. The average Bonchev–Trinajstić information content (AvgIpc) is 2.59. The number of hydrogen-bond acceptors (Lipinski definition) is 3. The number of nitrogens with zero attached hydrogens (tertiary/aromatic N) is 1. The van der Waals surface area contributed by atoms with E-state index in [1.54, 1.807) is 23.1 Å². The Hall–Kier alpha value is -3.15. The number of aryl methyl sites for hydroxylation is 1. The van der Waals surface area contributed by atoms with Gasteiger partial charge in [-0.25, -0.2) is 0 Å². The standard InChI is InChI=1S/C21H23N3O3/c1-13-8-9-16-6-4-5-7-20(16)24(13)21(27)17-10-18(22-14(2)25)12-19(11-17)23-15(3)26/h4-7,10-13H,8-9H2,1-3H3,(H,22,25)(H,23,26)/t13-/m1/s1. The Morgan fingerprint density at radius 3 is 2.15 bits per heavy atom. The van der Waals surface area contributed by atoms with Gasteiger partial charge in [-0.1, -0.05) is 18.2 Å². The molecule has 0 saturated heterocycles. The molecular formula is C21H23N3O3. The maximum Gasteiger partial charge on any atom is 0.258 e. The summed E-state index contributed by atoms with van der Waals surface area (Å²) in [6.45, 7) is 4.82. The molecule has 3 amide bonds. The number of rotatable bonds is 3. The van der Waals surface area contributed by atoms with Gasteiger partial charge in [0, 0.05) is 42.5 Å². The van der Waals surface area contributed by atoms with E-state index in [0.717, 1.165) is 24.1 Å². The fourth-order valence-electron chi connectivity index (χ4n) is 3.44. The molecule has 0 unspecified atom stereocenters. The van der Waals surface area contributed by atoms with Crippen LogP contribution in [0, 0.1) is 0 Å². The van der Waals surface area contributed by atoms with E-state index in [-0.39, 0.29) is 23.8 Å². The fourth-order valence-corrected chi connectivity index (χ4v) is 3.44. The Kier molecular flexibility index (Phi) is 5.26. The molecule has 2 N–H and O–H groups in total. The molecule has 27 heavy (non-hydrogen) atoms. The summed E-state index contributed by atoms with van der Waals surface area (Å²) in [6.07, 6.45) is 1.82. The van der Waals surface area contributed by atoms with Gasteiger partial charge in [0.15, 0.2) is 0 Å². The van der Waals surface area contributed by atoms with Crippen molar-refractivity contribution in [1.29, 1.82) is 0 Å². The molecule has 0 saturated carbocycles. The topological polar surface area (TPSA) is 78.5 Å². The molecule has 6 nitrogen and oxygen atoms in total. The quantitative estimate of drug-likeness (QED) is 0.872. The van der Waals surface area contributed by atoms with Crippen LogP contribution in [0.15, 0.2) is 42.5 Å². The fraction of sp³-hybridized carbons (Fsp3) is 0.286. The Bertz CT molecular complexity index is 873. The Morgan fingerprint density at radius 1 is 0.963 bits per heavy atom. The molecule has 1 heterocycles. The van der Waals surface area contributed by atoms with E-state index < -0.39 is 0 Å². The summed E-state index contributed by atoms with van der Waals surface area (Å²) in [6, 6.07) is 12.9. The summed E-state index contributed by atoms with van der Waals surface area (Å²) in [5, 5.41) is 5.37. The van der Waals surface area contributed by atoms with E-state index in [4.69, 9.17) is 0 Å². The lowest BCUT2D eigenvalue weighted by molar-refractivity contribution is -0.115. The van der Waals surface area contributed by atoms with Crippen LogP contribution in [0.3, 0.4) is 0 Å². The third kappa shape index (κ3) is 4.16. The summed E-state index contributed by atoms with van der Waals surface area (Å²) in [5.41, 5.74) is 3.40. The highest BCUT2D eigenvalue weighted by atomic mass is 16.2. The summed E-state index contributed by atoms with van der Waals surface area (Å²) >= 11 is 0. The maximum atomic E-state index is 13.3. The molecule has 0 spiro atoms. The number of fused-ring (bicyclic) bond motifs is 1. The predicted octanol–water partition coefficient (Wildman–Crippen LogP) is 3.58. The van der Waals surface area contributed by atoms with E-state index in [1.807, 2.05) is 31.2 Å². The predicted molar refractivity (Wildman–Crippen MR) is 106 cm³/mol. The van der Waals surface area contributed by atoms with Gasteiger partial charge in [0.1, 0.15) is 0 Å². The molecule has 0 fully saturated rings. The van der Waals surface area contributed by atoms with Gasteiger partial charge in [-0.3, -0.25) is 14.4 Å². The lowest BCUT2D eigenvalue weighted by Crippen LogP contribution is -2.42. The lowest BCUT2D eigenvalue weighted by atomic mass is 9.95. The highest BCUT2D eigenvalue weighted by Crippen LogP contribution is 2.32. The van der Waals surface area contributed by atoms with Gasteiger partial charge in [-0.05, 0) is 49.6 Å². The van der Waals surface area contributed by atoms with Gasteiger partial charge < -0.3 is 15.5 Å². The molecule has 140 valence electrons. The van der Waals surface area contributed by atoms with Crippen LogP contribution in [0.1, 0.15) is 43.1 Å². The molecule has 0 radical (unpaired) electrons. The molecule has 1 aliphatic heterocycles. The van der Waals surface area contributed by atoms with Crippen LogP contribution in [0.2, 0.25) is 0 Å². The molecule has 2 aromatic carbocycles. The van der Waals surface area contributed by atoms with Crippen molar-refractivity contribution in [3.8, 4) is 0 Å². The molecule has 0 bridgehead atoms. The van der Waals surface area contributed by atoms with Gasteiger partial charge >= 0.3 is 0 Å². The first-order chi connectivity index (χ1) is 12.8. The van der Waals surface area contributed by atoms with Gasteiger partial charge in [0.2, 0.25) is 11.8 Å². The summed E-state index contributed by atoms with van der Waals surface area (Å²) in [7, 11) is 0. The zero-order valence-electron chi connectivity index (χ0n) is 15.7. The van der Waals surface area contributed by atoms with Crippen molar-refractivity contribution >= 4 is 34.8 Å². The smallest absolute Gasteiger partial charge is 0.258 e. The molecule has 2 aromatic rings. The van der Waals surface area contributed by atoms with Gasteiger partial charge in [0.25, 0.3) is 5.91 Å². The number of nitrogens with one attached hydrogen (secondary N) is 2. The van der Waals surface area contributed by atoms with Gasteiger partial charge in [-0.15, -0.1) is 0 Å². The van der Waals surface area contributed by atoms with Gasteiger partial charge in [0.05, 0.1) is 0 Å². The van der Waals surface area contributed by atoms with E-state index in [1.165, 1.54) is 13.8 Å². The van der Waals surface area contributed by atoms with Crippen molar-refractivity contribution in [3.05, 3.63) is 53.6 Å². The Labute approximate surface area is 158 Å². The van der Waals surface area contributed by atoms with E-state index in [2.05, 4.69) is 10.6 Å². The lowest BCUT2D eigenvalue weighted by Gasteiger charge is -2.35. The largest absolute Gasteiger partial charge is 0.326 e. The van der Waals surface area contributed by atoms with E-state index in [9.17, 15) is 14.4 Å². The number of anilines is 3. The second kappa shape index (κ2) is 7.61. The number of hydrogen-bond donors (Lipinski definition) is 2. The minimum absolute atomic E-state index is 0.0565. The third-order valence-corrected chi connectivity index (χ3v) is 4.56. The minimum atomic E-state index is -0.245. The first kappa shape index (κ1) is 18.6. The zero-order chi connectivity index (χ0) is 19.6. The first-order valence-electron chi connectivity index (χ1n) is 8.97. The molecule has 6 heteroatoms. The van der Waals surface area contributed by atoms with Crippen molar-refractivity contribution in [3.63, 3.8) is 0 Å². The zero-order valence-corrected chi connectivity index (χ0v) is 15.7. The number of benzene rings is 2. The van der Waals surface area contributed by atoms with E-state index in [0.29, 0.717) is 16.9 Å². The van der Waals surface area contributed by atoms with Crippen LogP contribution < -0.4 is 15.5 Å². The molecule has 0 aromatic heterocycles. The second-order valence-electron chi connectivity index (χ2n) is 6.85. The van der Waals surface area contributed by atoms with Gasteiger partial charge in [-0.2, -0.15) is 0 Å². The highest BCUT2D eigenvalue weighted by Gasteiger charge is 2.29. The second-order valence-corrected chi connectivity index (χ2v) is 6.85. The van der Waals surface area contributed by atoms with Crippen LogP contribution in [0.5, 0.6) is 0 Å². The third-order valence-electron chi connectivity index (χ3n) is 4.56. The summed E-state index contributed by atoms with van der Waals surface area (Å²) in [5.74, 6) is -0.649. The van der Waals surface area contributed by atoms with Crippen LogP contribution in [-0.4, -0.2) is 23.8 Å². The molecule has 1 atom stereocenters. The summed E-state index contributed by atoms with van der Waals surface area (Å²) < 4.78 is 0. The van der Waals surface area contributed by atoms with Crippen molar-refractivity contribution in [1.82, 2.24) is 0 Å².